The molecule has 0 aromatic rings. The lowest BCUT2D eigenvalue weighted by atomic mass is 10.2. The minimum atomic E-state index is 0.368. The summed E-state index contributed by atoms with van der Waals surface area (Å²) in [5.74, 6) is 0.648. The third-order valence-electron chi connectivity index (χ3n) is 2.71. The maximum atomic E-state index is 8.38. The Balaban J connectivity index is 4.96. The lowest BCUT2D eigenvalue weighted by Gasteiger charge is -2.43. The Hall–Kier alpha value is -0.660. The fourth-order valence-corrected chi connectivity index (χ4v) is 2.30. The molecule has 2 heteroatoms. The smallest absolute Gasteiger partial charge is 0.114 e. The van der Waals surface area contributed by atoms with Gasteiger partial charge in [0.1, 0.15) is 5.82 Å². The summed E-state index contributed by atoms with van der Waals surface area (Å²) in [6.07, 6.45) is 0. The molecule has 0 spiro atoms. The van der Waals surface area contributed by atoms with Crippen molar-refractivity contribution in [3.8, 4) is 0 Å². The first kappa shape index (κ1) is 15.3. The quantitative estimate of drug-likeness (QED) is 0.682. The summed E-state index contributed by atoms with van der Waals surface area (Å²) < 4.78 is 0. The molecule has 0 rings (SSSR count). The molecular formula is C14H28N2. The summed E-state index contributed by atoms with van der Waals surface area (Å²) in [6.45, 7) is 25.5. The van der Waals surface area contributed by atoms with Crippen molar-refractivity contribution in [1.82, 2.24) is 9.80 Å². The van der Waals surface area contributed by atoms with Crippen molar-refractivity contribution in [3.63, 3.8) is 0 Å². The fraction of sp³-hybridized carbons (Fsp3) is 0.857. The van der Waals surface area contributed by atoms with Crippen LogP contribution in [0.15, 0.2) is 5.82 Å². The normalized spacial score (nSPS) is 11.8. The van der Waals surface area contributed by atoms with Gasteiger partial charge in [-0.1, -0.05) is 0 Å². The summed E-state index contributed by atoms with van der Waals surface area (Å²) in [5.41, 5.74) is 0. The van der Waals surface area contributed by atoms with E-state index in [1.54, 1.807) is 0 Å². The molecule has 0 aromatic carbocycles. The standard InChI is InChI=1S/C14H28N2/c1-10(2)15(11(3)4)14(9)16(12(5)6)13(7)8/h10-13H,1-8H3. The van der Waals surface area contributed by atoms with E-state index in [0.29, 0.717) is 30.0 Å². The van der Waals surface area contributed by atoms with Crippen molar-refractivity contribution < 1.29 is 0 Å². The molecule has 0 aliphatic carbocycles. The minimum Gasteiger partial charge on any atom is -0.353 e. The third kappa shape index (κ3) is 3.73. The Morgan fingerprint density at radius 3 is 0.938 bits per heavy atom. The molecule has 0 saturated carbocycles. The average Bonchev–Trinajstić information content (AvgIpc) is 1.99. The van der Waals surface area contributed by atoms with E-state index in [2.05, 4.69) is 65.2 Å². The Morgan fingerprint density at radius 1 is 0.625 bits per heavy atom. The molecule has 0 unspecified atom stereocenters. The van der Waals surface area contributed by atoms with Crippen molar-refractivity contribution in [2.24, 2.45) is 0 Å². The van der Waals surface area contributed by atoms with E-state index in [9.17, 15) is 0 Å². The summed E-state index contributed by atoms with van der Waals surface area (Å²) in [7, 11) is 0. The monoisotopic (exact) mass is 224 g/mol. The van der Waals surface area contributed by atoms with Gasteiger partial charge in [0, 0.05) is 30.7 Å². The molecule has 0 fully saturated rings. The highest BCUT2D eigenvalue weighted by Gasteiger charge is 2.23. The Morgan fingerprint density at radius 2 is 0.812 bits per heavy atom. The fourth-order valence-electron chi connectivity index (χ4n) is 2.30. The second kappa shape index (κ2) is 6.17. The van der Waals surface area contributed by atoms with E-state index in [0.717, 1.165) is 0 Å². The van der Waals surface area contributed by atoms with Crippen LogP contribution in [0.3, 0.4) is 0 Å². The average molecular weight is 224 g/mol. The van der Waals surface area contributed by atoms with Crippen LogP contribution in [0.25, 0.3) is 0 Å². The first-order valence-corrected chi connectivity index (χ1v) is 6.35. The highest BCUT2D eigenvalue weighted by Crippen LogP contribution is 2.20. The largest absolute Gasteiger partial charge is 0.353 e. The van der Waals surface area contributed by atoms with Crippen molar-refractivity contribution >= 4 is 0 Å². The summed E-state index contributed by atoms with van der Waals surface area (Å²) in [5, 5.41) is 0. The molecule has 0 aliphatic heterocycles. The SMILES string of the molecule is [C]=C(N(C(C)C)C(C)C)N(C(C)C)C(C)C. The molecule has 0 aromatic heterocycles. The van der Waals surface area contributed by atoms with Gasteiger partial charge in [-0.05, 0) is 55.4 Å². The van der Waals surface area contributed by atoms with Crippen LogP contribution in [0.5, 0.6) is 0 Å². The molecule has 0 aliphatic rings. The third-order valence-corrected chi connectivity index (χ3v) is 2.71. The molecule has 0 N–H and O–H groups in total. The zero-order valence-electron chi connectivity index (χ0n) is 12.2. The second-order valence-electron chi connectivity index (χ2n) is 5.51. The topological polar surface area (TPSA) is 6.48 Å². The van der Waals surface area contributed by atoms with Gasteiger partial charge in [-0.2, -0.15) is 0 Å². The van der Waals surface area contributed by atoms with E-state index in [1.165, 1.54) is 0 Å². The van der Waals surface area contributed by atoms with Gasteiger partial charge < -0.3 is 9.80 Å². The van der Waals surface area contributed by atoms with Gasteiger partial charge in [0.15, 0.2) is 0 Å². The Labute approximate surface area is 102 Å². The van der Waals surface area contributed by atoms with E-state index in [1.807, 2.05) is 0 Å². The molecule has 0 amide bonds. The van der Waals surface area contributed by atoms with Gasteiger partial charge in [-0.25, -0.2) is 0 Å². The van der Waals surface area contributed by atoms with E-state index in [4.69, 9.17) is 6.58 Å². The minimum absolute atomic E-state index is 0.368. The highest BCUT2D eigenvalue weighted by atomic mass is 15.4. The zero-order valence-corrected chi connectivity index (χ0v) is 12.2. The maximum absolute atomic E-state index is 8.38. The second-order valence-corrected chi connectivity index (χ2v) is 5.51. The molecule has 16 heavy (non-hydrogen) atoms. The predicted octanol–water partition coefficient (Wildman–Crippen LogP) is 3.38. The predicted molar refractivity (Wildman–Crippen MR) is 71.0 cm³/mol. The molecule has 2 nitrogen and oxygen atoms in total. The first-order valence-electron chi connectivity index (χ1n) is 6.35. The molecular weight excluding hydrogens is 196 g/mol. The van der Waals surface area contributed by atoms with Crippen molar-refractivity contribution in [3.05, 3.63) is 12.4 Å². The van der Waals surface area contributed by atoms with Crippen LogP contribution < -0.4 is 0 Å². The van der Waals surface area contributed by atoms with Crippen LogP contribution in [-0.4, -0.2) is 34.0 Å². The zero-order chi connectivity index (χ0) is 13.0. The lowest BCUT2D eigenvalue weighted by molar-refractivity contribution is 0.108. The summed E-state index contributed by atoms with van der Waals surface area (Å²) >= 11 is 0. The summed E-state index contributed by atoms with van der Waals surface area (Å²) in [6, 6.07) is 1.47. The van der Waals surface area contributed by atoms with Gasteiger partial charge in [-0.15, -0.1) is 0 Å². The number of hydrogen-bond acceptors (Lipinski definition) is 2. The van der Waals surface area contributed by atoms with Gasteiger partial charge in [-0.3, -0.25) is 0 Å². The van der Waals surface area contributed by atoms with E-state index in [-0.39, 0.29) is 0 Å². The van der Waals surface area contributed by atoms with Crippen molar-refractivity contribution in [2.75, 3.05) is 0 Å². The van der Waals surface area contributed by atoms with Crippen molar-refractivity contribution in [1.29, 1.82) is 0 Å². The van der Waals surface area contributed by atoms with Gasteiger partial charge in [0.2, 0.25) is 0 Å². The van der Waals surface area contributed by atoms with Crippen LogP contribution in [0.2, 0.25) is 0 Å². The molecule has 0 bridgehead atoms. The summed E-state index contributed by atoms with van der Waals surface area (Å²) in [4.78, 5) is 4.33. The van der Waals surface area contributed by atoms with Crippen LogP contribution in [0.1, 0.15) is 55.4 Å². The van der Waals surface area contributed by atoms with Crippen LogP contribution in [-0.2, 0) is 0 Å². The van der Waals surface area contributed by atoms with Gasteiger partial charge in [0.05, 0.1) is 0 Å². The molecule has 2 radical (unpaired) electrons. The van der Waals surface area contributed by atoms with Crippen LogP contribution in [0, 0.1) is 6.58 Å². The maximum Gasteiger partial charge on any atom is 0.114 e. The van der Waals surface area contributed by atoms with Crippen LogP contribution in [0.4, 0.5) is 0 Å². The number of rotatable bonds is 6. The molecule has 94 valence electrons. The van der Waals surface area contributed by atoms with E-state index < -0.39 is 0 Å². The molecule has 0 heterocycles. The number of nitrogens with zero attached hydrogens (tertiary/aromatic N) is 2. The van der Waals surface area contributed by atoms with Gasteiger partial charge >= 0.3 is 0 Å². The van der Waals surface area contributed by atoms with E-state index >= 15 is 0 Å². The first-order chi connectivity index (χ1) is 7.20. The van der Waals surface area contributed by atoms with Crippen molar-refractivity contribution in [2.45, 2.75) is 79.6 Å². The van der Waals surface area contributed by atoms with Gasteiger partial charge in [0.25, 0.3) is 0 Å². The van der Waals surface area contributed by atoms with Crippen LogP contribution >= 0.6 is 0 Å². The highest BCUT2D eigenvalue weighted by molar-refractivity contribution is 4.97. The Bertz CT molecular complexity index is 179. The molecule has 0 saturated heterocycles. The number of hydrogen-bond donors (Lipinski definition) is 0. The lowest BCUT2D eigenvalue weighted by Crippen LogP contribution is -2.47. The molecule has 0 atom stereocenters. The Kier molecular flexibility index (Phi) is 5.91.